The van der Waals surface area contributed by atoms with Gasteiger partial charge in [-0.1, -0.05) is 32.0 Å². The molecule has 0 heterocycles. The number of aliphatic hydroxyl groups excluding tert-OH is 1. The van der Waals surface area contributed by atoms with E-state index in [1.165, 1.54) is 0 Å². The summed E-state index contributed by atoms with van der Waals surface area (Å²) in [5.41, 5.74) is 0.970. The molecule has 1 rings (SSSR count). The van der Waals surface area contributed by atoms with Crippen LogP contribution in [0.15, 0.2) is 24.3 Å². The molecule has 20 heavy (non-hydrogen) atoms. The Labute approximate surface area is 117 Å². The molecule has 1 amide bonds. The highest BCUT2D eigenvalue weighted by molar-refractivity contribution is 5.84. The number of ether oxygens (including phenoxy) is 1. The molecule has 1 aromatic carbocycles. The zero-order valence-corrected chi connectivity index (χ0v) is 11.5. The molecule has 0 bridgehead atoms. The quantitative estimate of drug-likeness (QED) is 0.685. The normalized spacial score (nSPS) is 12.0. The highest BCUT2D eigenvalue weighted by atomic mass is 16.5. The highest BCUT2D eigenvalue weighted by Gasteiger charge is 2.19. The average molecular weight is 281 g/mol. The summed E-state index contributed by atoms with van der Waals surface area (Å²) >= 11 is 0. The fraction of sp³-hybridized carbons (Fsp3) is 0.429. The summed E-state index contributed by atoms with van der Waals surface area (Å²) in [5.74, 6) is -1.04. The first kappa shape index (κ1) is 16.0. The van der Waals surface area contributed by atoms with E-state index >= 15 is 0 Å². The van der Waals surface area contributed by atoms with Gasteiger partial charge in [-0.15, -0.1) is 0 Å². The number of carbonyl (C=O) groups excluding carboxylic acids is 1. The lowest BCUT2D eigenvalue weighted by Gasteiger charge is -2.15. The van der Waals surface area contributed by atoms with Crippen LogP contribution in [-0.2, 0) is 9.59 Å². The van der Waals surface area contributed by atoms with Crippen molar-refractivity contribution < 1.29 is 24.5 Å². The Bertz CT molecular complexity index is 472. The van der Waals surface area contributed by atoms with Crippen molar-refractivity contribution in [1.29, 1.82) is 0 Å². The van der Waals surface area contributed by atoms with Gasteiger partial charge in [0, 0.05) is 0 Å². The van der Waals surface area contributed by atoms with Crippen LogP contribution < -0.4 is 10.1 Å². The third-order valence-electron chi connectivity index (χ3n) is 2.72. The minimum absolute atomic E-state index is 0.249. The van der Waals surface area contributed by atoms with E-state index in [0.717, 1.165) is 5.56 Å². The fourth-order valence-electron chi connectivity index (χ4n) is 1.65. The van der Waals surface area contributed by atoms with Gasteiger partial charge in [0.25, 0.3) is 5.91 Å². The van der Waals surface area contributed by atoms with Crippen molar-refractivity contribution in [3.05, 3.63) is 29.8 Å². The molecule has 0 radical (unpaired) electrons. The number of carboxylic acids is 1. The number of aliphatic carboxylic acids is 1. The topological polar surface area (TPSA) is 95.9 Å². The molecule has 1 aromatic rings. The Balaban J connectivity index is 2.59. The Morgan fingerprint density at radius 3 is 2.50 bits per heavy atom. The monoisotopic (exact) mass is 281 g/mol. The largest absolute Gasteiger partial charge is 0.483 e. The van der Waals surface area contributed by atoms with E-state index < -0.39 is 24.5 Å². The number of rotatable bonds is 7. The SMILES string of the molecule is CC(C)c1ccccc1OCC(=O)NC(CO)C(=O)O. The van der Waals surface area contributed by atoms with Gasteiger partial charge in [-0.25, -0.2) is 4.79 Å². The summed E-state index contributed by atoms with van der Waals surface area (Å²) in [4.78, 5) is 22.2. The average Bonchev–Trinajstić information content (AvgIpc) is 2.42. The first-order valence-corrected chi connectivity index (χ1v) is 6.30. The van der Waals surface area contributed by atoms with Crippen LogP contribution in [0.2, 0.25) is 0 Å². The van der Waals surface area contributed by atoms with Crippen LogP contribution in [0.5, 0.6) is 5.75 Å². The van der Waals surface area contributed by atoms with Crippen LogP contribution in [0.3, 0.4) is 0 Å². The molecule has 0 saturated carbocycles. The summed E-state index contributed by atoms with van der Waals surface area (Å²) in [6.07, 6.45) is 0. The Kier molecular flexibility index (Phi) is 5.99. The van der Waals surface area contributed by atoms with Crippen molar-refractivity contribution in [2.75, 3.05) is 13.2 Å². The predicted molar refractivity (Wildman–Crippen MR) is 72.7 cm³/mol. The molecule has 6 nitrogen and oxygen atoms in total. The van der Waals surface area contributed by atoms with Gasteiger partial charge in [0.1, 0.15) is 11.8 Å². The highest BCUT2D eigenvalue weighted by Crippen LogP contribution is 2.25. The zero-order valence-electron chi connectivity index (χ0n) is 11.5. The molecule has 6 heteroatoms. The Morgan fingerprint density at radius 2 is 1.95 bits per heavy atom. The standard InChI is InChI=1S/C14H19NO5/c1-9(2)10-5-3-4-6-12(10)20-8-13(17)15-11(7-16)14(18)19/h3-6,9,11,16H,7-8H2,1-2H3,(H,15,17)(H,18,19). The molecule has 0 aliphatic heterocycles. The summed E-state index contributed by atoms with van der Waals surface area (Å²) in [7, 11) is 0. The molecule has 3 N–H and O–H groups in total. The van der Waals surface area contributed by atoms with Gasteiger partial charge in [0.2, 0.25) is 0 Å². The van der Waals surface area contributed by atoms with Crippen LogP contribution in [-0.4, -0.2) is 41.3 Å². The van der Waals surface area contributed by atoms with Crippen molar-refractivity contribution in [2.24, 2.45) is 0 Å². The van der Waals surface area contributed by atoms with Gasteiger partial charge >= 0.3 is 5.97 Å². The summed E-state index contributed by atoms with van der Waals surface area (Å²) in [6, 6.07) is 6.03. The van der Waals surface area contributed by atoms with Crippen LogP contribution >= 0.6 is 0 Å². The van der Waals surface area contributed by atoms with Gasteiger partial charge in [-0.3, -0.25) is 4.79 Å². The number of benzene rings is 1. The van der Waals surface area contributed by atoms with E-state index in [9.17, 15) is 9.59 Å². The number of hydrogen-bond donors (Lipinski definition) is 3. The molecule has 0 fully saturated rings. The molecule has 1 atom stereocenters. The molecule has 0 saturated heterocycles. The van der Waals surface area contributed by atoms with Gasteiger partial charge in [0.15, 0.2) is 6.61 Å². The maximum atomic E-state index is 11.6. The van der Waals surface area contributed by atoms with E-state index in [4.69, 9.17) is 14.9 Å². The minimum Gasteiger partial charge on any atom is -0.483 e. The van der Waals surface area contributed by atoms with E-state index in [-0.39, 0.29) is 12.5 Å². The second-order valence-electron chi connectivity index (χ2n) is 4.62. The fourth-order valence-corrected chi connectivity index (χ4v) is 1.65. The van der Waals surface area contributed by atoms with Crippen molar-refractivity contribution >= 4 is 11.9 Å². The molecule has 110 valence electrons. The Morgan fingerprint density at radius 1 is 1.30 bits per heavy atom. The van der Waals surface area contributed by atoms with Gasteiger partial charge in [-0.05, 0) is 17.5 Å². The molecule has 0 aliphatic carbocycles. The number of aliphatic hydroxyl groups is 1. The third kappa shape index (κ3) is 4.55. The zero-order chi connectivity index (χ0) is 15.1. The van der Waals surface area contributed by atoms with E-state index in [1.807, 2.05) is 26.0 Å². The van der Waals surface area contributed by atoms with Crippen molar-refractivity contribution in [3.63, 3.8) is 0 Å². The molecular formula is C14H19NO5. The van der Waals surface area contributed by atoms with Gasteiger partial charge < -0.3 is 20.3 Å². The number of para-hydroxylation sites is 1. The number of amides is 1. The van der Waals surface area contributed by atoms with Crippen LogP contribution in [0.25, 0.3) is 0 Å². The number of carboxylic acid groups (broad SMARTS) is 1. The maximum absolute atomic E-state index is 11.6. The van der Waals surface area contributed by atoms with E-state index in [2.05, 4.69) is 5.32 Å². The van der Waals surface area contributed by atoms with Gasteiger partial charge in [0.05, 0.1) is 6.61 Å². The molecule has 0 spiro atoms. The number of carbonyl (C=O) groups is 2. The lowest BCUT2D eigenvalue weighted by atomic mass is 10.0. The third-order valence-corrected chi connectivity index (χ3v) is 2.72. The summed E-state index contributed by atoms with van der Waals surface area (Å²) < 4.78 is 5.40. The number of nitrogens with one attached hydrogen (secondary N) is 1. The lowest BCUT2D eigenvalue weighted by Crippen LogP contribution is -2.45. The molecule has 0 aliphatic rings. The molecular weight excluding hydrogens is 262 g/mol. The Hall–Kier alpha value is -2.08. The lowest BCUT2D eigenvalue weighted by molar-refractivity contribution is -0.143. The second-order valence-corrected chi connectivity index (χ2v) is 4.62. The van der Waals surface area contributed by atoms with Crippen molar-refractivity contribution in [2.45, 2.75) is 25.8 Å². The van der Waals surface area contributed by atoms with Crippen molar-refractivity contribution in [3.8, 4) is 5.75 Å². The van der Waals surface area contributed by atoms with Crippen molar-refractivity contribution in [1.82, 2.24) is 5.32 Å². The maximum Gasteiger partial charge on any atom is 0.328 e. The van der Waals surface area contributed by atoms with E-state index in [1.54, 1.807) is 12.1 Å². The smallest absolute Gasteiger partial charge is 0.328 e. The first-order valence-electron chi connectivity index (χ1n) is 6.30. The predicted octanol–water partition coefficient (Wildman–Crippen LogP) is 0.750. The molecule has 1 unspecified atom stereocenters. The number of hydrogen-bond acceptors (Lipinski definition) is 4. The van der Waals surface area contributed by atoms with Crippen LogP contribution in [0.1, 0.15) is 25.3 Å². The second kappa shape index (κ2) is 7.49. The van der Waals surface area contributed by atoms with Gasteiger partial charge in [-0.2, -0.15) is 0 Å². The molecule has 0 aromatic heterocycles. The van der Waals surface area contributed by atoms with Crippen LogP contribution in [0, 0.1) is 0 Å². The van der Waals surface area contributed by atoms with E-state index in [0.29, 0.717) is 5.75 Å². The first-order chi connectivity index (χ1) is 9.45. The minimum atomic E-state index is -1.31. The summed E-state index contributed by atoms with van der Waals surface area (Å²) in [6.45, 7) is 3.06. The van der Waals surface area contributed by atoms with Crippen LogP contribution in [0.4, 0.5) is 0 Å². The summed E-state index contributed by atoms with van der Waals surface area (Å²) in [5, 5.41) is 19.7.